The number of fused-ring (bicyclic) bond motifs is 1. The molecule has 0 unspecified atom stereocenters. The van der Waals surface area contributed by atoms with Gasteiger partial charge in [0, 0.05) is 11.6 Å². The fraction of sp³-hybridized carbons (Fsp3) is 0.238. The first kappa shape index (κ1) is 19.6. The van der Waals surface area contributed by atoms with Crippen molar-refractivity contribution in [2.24, 2.45) is 0 Å². The van der Waals surface area contributed by atoms with Crippen LogP contribution in [0, 0.1) is 0 Å². The molecular formula is C21H22N4O2S2. The number of rotatable bonds is 5. The Balaban J connectivity index is 1.71. The maximum Gasteiger partial charge on any atom is 0.267 e. The smallest absolute Gasteiger partial charge is 0.267 e. The molecule has 6 nitrogen and oxygen atoms in total. The Morgan fingerprint density at radius 1 is 1.03 bits per heavy atom. The largest absolute Gasteiger partial charge is 0.267 e. The van der Waals surface area contributed by atoms with Crippen LogP contribution in [0.2, 0.25) is 0 Å². The summed E-state index contributed by atoms with van der Waals surface area (Å²) in [6.07, 6.45) is 1.60. The van der Waals surface area contributed by atoms with Crippen LogP contribution in [0.5, 0.6) is 0 Å². The third-order valence-electron chi connectivity index (χ3n) is 4.43. The molecule has 0 saturated carbocycles. The molecule has 0 radical (unpaired) electrons. The van der Waals surface area contributed by atoms with Crippen LogP contribution < -0.4 is 4.72 Å². The van der Waals surface area contributed by atoms with Gasteiger partial charge in [-0.2, -0.15) is 5.10 Å². The molecular weight excluding hydrogens is 404 g/mol. The predicted octanol–water partition coefficient (Wildman–Crippen LogP) is 4.64. The maximum absolute atomic E-state index is 13.2. The molecule has 1 N–H and O–H groups in total. The van der Waals surface area contributed by atoms with Gasteiger partial charge >= 0.3 is 0 Å². The molecule has 0 aliphatic heterocycles. The Kier molecular flexibility index (Phi) is 4.92. The maximum atomic E-state index is 13.2. The highest BCUT2D eigenvalue weighted by molar-refractivity contribution is 7.93. The topological polar surface area (TPSA) is 76.9 Å². The van der Waals surface area contributed by atoms with E-state index >= 15 is 0 Å². The number of nitrogens with one attached hydrogen (secondary N) is 1. The molecule has 0 atom stereocenters. The van der Waals surface area contributed by atoms with E-state index in [0.717, 1.165) is 15.8 Å². The summed E-state index contributed by atoms with van der Waals surface area (Å²) in [6, 6.07) is 17.4. The van der Waals surface area contributed by atoms with E-state index in [1.165, 1.54) is 11.3 Å². The zero-order chi connectivity index (χ0) is 20.6. The van der Waals surface area contributed by atoms with Crippen molar-refractivity contribution < 1.29 is 8.42 Å². The van der Waals surface area contributed by atoms with Crippen LogP contribution in [0.4, 0.5) is 5.13 Å². The van der Waals surface area contributed by atoms with Crippen molar-refractivity contribution in [1.29, 1.82) is 0 Å². The Morgan fingerprint density at radius 3 is 2.41 bits per heavy atom. The number of anilines is 1. The molecule has 8 heteroatoms. The van der Waals surface area contributed by atoms with E-state index in [-0.39, 0.29) is 4.90 Å². The standard InChI is InChI=1S/C21H22N4O2S2/c1-21(2,3)19-18(14-25(23-19)13-15-9-5-4-6-10-15)29(26,27)24-20-22-16-11-7-8-12-17(16)28-20/h4-12,14H,13H2,1-3H3,(H,22,24). The Hall–Kier alpha value is -2.71. The van der Waals surface area contributed by atoms with Crippen molar-refractivity contribution in [3.05, 3.63) is 72.1 Å². The van der Waals surface area contributed by atoms with E-state index in [2.05, 4.69) is 14.8 Å². The molecule has 0 aliphatic rings. The van der Waals surface area contributed by atoms with Crippen LogP contribution in [0.15, 0.2) is 65.7 Å². The second-order valence-corrected chi connectivity index (χ2v) is 10.5. The fourth-order valence-electron chi connectivity index (χ4n) is 3.06. The molecule has 29 heavy (non-hydrogen) atoms. The first-order valence-corrected chi connectivity index (χ1v) is 11.5. The van der Waals surface area contributed by atoms with Gasteiger partial charge in [-0.05, 0) is 17.7 Å². The van der Waals surface area contributed by atoms with Crippen LogP contribution in [-0.4, -0.2) is 23.2 Å². The molecule has 2 heterocycles. The Bertz CT molecular complexity index is 1220. The van der Waals surface area contributed by atoms with Crippen LogP contribution >= 0.6 is 11.3 Å². The summed E-state index contributed by atoms with van der Waals surface area (Å²) >= 11 is 1.31. The molecule has 150 valence electrons. The normalized spacial score (nSPS) is 12.4. The monoisotopic (exact) mass is 426 g/mol. The number of hydrogen-bond acceptors (Lipinski definition) is 5. The van der Waals surface area contributed by atoms with Gasteiger partial charge in [-0.1, -0.05) is 74.6 Å². The lowest BCUT2D eigenvalue weighted by Gasteiger charge is -2.17. The first-order chi connectivity index (χ1) is 13.7. The van der Waals surface area contributed by atoms with Crippen molar-refractivity contribution in [3.8, 4) is 0 Å². The molecule has 4 rings (SSSR count). The van der Waals surface area contributed by atoms with Crippen molar-refractivity contribution in [3.63, 3.8) is 0 Å². The lowest BCUT2D eigenvalue weighted by Crippen LogP contribution is -2.20. The van der Waals surface area contributed by atoms with Crippen molar-refractivity contribution in [2.45, 2.75) is 37.6 Å². The van der Waals surface area contributed by atoms with Crippen molar-refractivity contribution in [1.82, 2.24) is 14.8 Å². The number of nitrogens with zero attached hydrogens (tertiary/aromatic N) is 3. The van der Waals surface area contributed by atoms with Crippen LogP contribution in [0.1, 0.15) is 32.0 Å². The number of hydrogen-bond donors (Lipinski definition) is 1. The van der Waals surface area contributed by atoms with Crippen molar-refractivity contribution in [2.75, 3.05) is 4.72 Å². The summed E-state index contributed by atoms with van der Waals surface area (Å²) in [7, 11) is -3.83. The molecule has 0 amide bonds. The summed E-state index contributed by atoms with van der Waals surface area (Å²) in [5.41, 5.74) is 1.92. The van der Waals surface area contributed by atoms with Gasteiger partial charge < -0.3 is 0 Å². The molecule has 2 aromatic heterocycles. The van der Waals surface area contributed by atoms with Gasteiger partial charge in [-0.3, -0.25) is 9.40 Å². The van der Waals surface area contributed by atoms with E-state index in [4.69, 9.17) is 0 Å². The number of para-hydroxylation sites is 1. The average molecular weight is 427 g/mol. The Labute approximate surface area is 174 Å². The van der Waals surface area contributed by atoms with Gasteiger partial charge in [0.25, 0.3) is 10.0 Å². The number of sulfonamides is 1. The van der Waals surface area contributed by atoms with Gasteiger partial charge in [-0.25, -0.2) is 13.4 Å². The van der Waals surface area contributed by atoms with Crippen LogP contribution in [-0.2, 0) is 22.0 Å². The van der Waals surface area contributed by atoms with E-state index in [1.807, 2.05) is 75.4 Å². The predicted molar refractivity (Wildman–Crippen MR) is 117 cm³/mol. The second-order valence-electron chi connectivity index (χ2n) is 7.87. The van der Waals surface area contributed by atoms with Gasteiger partial charge in [0.15, 0.2) is 5.13 Å². The fourth-order valence-corrected chi connectivity index (χ4v) is 5.52. The zero-order valence-electron chi connectivity index (χ0n) is 16.5. The van der Waals surface area contributed by atoms with Crippen LogP contribution in [0.3, 0.4) is 0 Å². The molecule has 0 fully saturated rings. The van der Waals surface area contributed by atoms with E-state index < -0.39 is 15.4 Å². The van der Waals surface area contributed by atoms with E-state index in [1.54, 1.807) is 10.9 Å². The van der Waals surface area contributed by atoms with Crippen LogP contribution in [0.25, 0.3) is 10.2 Å². The highest BCUT2D eigenvalue weighted by Gasteiger charge is 2.30. The number of benzene rings is 2. The van der Waals surface area contributed by atoms with Crippen molar-refractivity contribution >= 4 is 36.7 Å². The zero-order valence-corrected chi connectivity index (χ0v) is 18.1. The third-order valence-corrected chi connectivity index (χ3v) is 6.85. The average Bonchev–Trinajstić information content (AvgIpc) is 3.26. The molecule has 4 aromatic rings. The van der Waals surface area contributed by atoms with E-state index in [0.29, 0.717) is 17.4 Å². The molecule has 0 spiro atoms. The summed E-state index contributed by atoms with van der Waals surface area (Å²) in [4.78, 5) is 4.57. The lowest BCUT2D eigenvalue weighted by molar-refractivity contribution is 0.533. The number of thiazole rings is 1. The summed E-state index contributed by atoms with van der Waals surface area (Å²) in [5.74, 6) is 0. The molecule has 0 saturated heterocycles. The summed E-state index contributed by atoms with van der Waals surface area (Å²) in [6.45, 7) is 6.37. The second kappa shape index (κ2) is 7.27. The molecule has 0 aliphatic carbocycles. The van der Waals surface area contributed by atoms with Gasteiger partial charge in [0.2, 0.25) is 0 Å². The van der Waals surface area contributed by atoms with Gasteiger partial charge in [-0.15, -0.1) is 0 Å². The minimum atomic E-state index is -3.83. The summed E-state index contributed by atoms with van der Waals surface area (Å²) in [5, 5.41) is 4.96. The highest BCUT2D eigenvalue weighted by atomic mass is 32.2. The minimum Gasteiger partial charge on any atom is -0.267 e. The van der Waals surface area contributed by atoms with Gasteiger partial charge in [0.1, 0.15) is 4.90 Å². The third kappa shape index (κ3) is 4.18. The summed E-state index contributed by atoms with van der Waals surface area (Å²) < 4.78 is 31.7. The quantitative estimate of drug-likeness (QED) is 0.504. The van der Waals surface area contributed by atoms with E-state index in [9.17, 15) is 8.42 Å². The number of aromatic nitrogens is 3. The SMILES string of the molecule is CC(C)(C)c1nn(Cc2ccccc2)cc1S(=O)(=O)Nc1nc2ccccc2s1. The lowest BCUT2D eigenvalue weighted by atomic mass is 9.92. The minimum absolute atomic E-state index is 0.181. The first-order valence-electron chi connectivity index (χ1n) is 9.23. The highest BCUT2D eigenvalue weighted by Crippen LogP contribution is 2.31. The molecule has 2 aromatic carbocycles. The molecule has 0 bridgehead atoms. The Morgan fingerprint density at radius 2 is 1.72 bits per heavy atom. The van der Waals surface area contributed by atoms with Gasteiger partial charge in [0.05, 0.1) is 22.5 Å².